The lowest BCUT2D eigenvalue weighted by atomic mass is 9.95. The van der Waals surface area contributed by atoms with E-state index in [1.807, 2.05) is 6.07 Å². The molecule has 1 atom stereocenters. The quantitative estimate of drug-likeness (QED) is 0.622. The van der Waals surface area contributed by atoms with Gasteiger partial charge in [-0.05, 0) is 75.1 Å². The lowest BCUT2D eigenvalue weighted by Gasteiger charge is -2.36. The zero-order valence-electron chi connectivity index (χ0n) is 21.0. The van der Waals surface area contributed by atoms with Crippen LogP contribution in [-0.2, 0) is 14.8 Å². The first-order valence-electron chi connectivity index (χ1n) is 12.6. The fourth-order valence-electron chi connectivity index (χ4n) is 4.91. The molecule has 2 aliphatic rings. The van der Waals surface area contributed by atoms with Crippen LogP contribution in [0.15, 0.2) is 47.4 Å². The van der Waals surface area contributed by atoms with E-state index in [0.717, 1.165) is 25.7 Å². The van der Waals surface area contributed by atoms with Crippen molar-refractivity contribution in [2.75, 3.05) is 31.1 Å². The Balaban J connectivity index is 1.33. The van der Waals surface area contributed by atoms with E-state index >= 15 is 0 Å². The van der Waals surface area contributed by atoms with E-state index in [9.17, 15) is 13.2 Å². The summed E-state index contributed by atoms with van der Waals surface area (Å²) < 4.78 is 33.8. The van der Waals surface area contributed by atoms with E-state index < -0.39 is 16.1 Å². The van der Waals surface area contributed by atoms with Crippen LogP contribution in [0, 0.1) is 13.8 Å². The van der Waals surface area contributed by atoms with Crippen molar-refractivity contribution in [1.82, 2.24) is 9.62 Å². The van der Waals surface area contributed by atoms with Gasteiger partial charge in [0.25, 0.3) is 5.91 Å². The molecule has 0 bridgehead atoms. The average molecular weight is 500 g/mol. The van der Waals surface area contributed by atoms with Crippen molar-refractivity contribution in [3.63, 3.8) is 0 Å². The van der Waals surface area contributed by atoms with Crippen LogP contribution in [0.5, 0.6) is 5.75 Å². The van der Waals surface area contributed by atoms with Crippen LogP contribution < -0.4 is 15.0 Å². The Morgan fingerprint density at radius 1 is 0.971 bits per heavy atom. The third-order valence-electron chi connectivity index (χ3n) is 7.25. The second-order valence-corrected chi connectivity index (χ2v) is 11.6. The van der Waals surface area contributed by atoms with Gasteiger partial charge in [-0.15, -0.1) is 0 Å². The number of ether oxygens (including phenoxy) is 1. The number of amides is 1. The monoisotopic (exact) mass is 499 g/mol. The van der Waals surface area contributed by atoms with E-state index in [1.54, 1.807) is 35.5 Å². The topological polar surface area (TPSA) is 79.0 Å². The molecule has 1 saturated heterocycles. The van der Waals surface area contributed by atoms with E-state index in [2.05, 4.69) is 36.2 Å². The SMILES string of the molecule is Cc1cccc(N2CCN(S(=O)(=O)c3ccc(O[C@@H](C)C(=O)NC4CCCCC4)cc3)CC2)c1C. The van der Waals surface area contributed by atoms with Gasteiger partial charge in [-0.3, -0.25) is 4.79 Å². The highest BCUT2D eigenvalue weighted by Crippen LogP contribution is 2.26. The first-order valence-corrected chi connectivity index (χ1v) is 14.1. The Morgan fingerprint density at radius 3 is 2.29 bits per heavy atom. The van der Waals surface area contributed by atoms with Gasteiger partial charge in [0.2, 0.25) is 10.0 Å². The van der Waals surface area contributed by atoms with Gasteiger partial charge >= 0.3 is 0 Å². The van der Waals surface area contributed by atoms with Gasteiger partial charge in [0.15, 0.2) is 6.10 Å². The third-order valence-corrected chi connectivity index (χ3v) is 9.16. The lowest BCUT2D eigenvalue weighted by Crippen LogP contribution is -2.48. The van der Waals surface area contributed by atoms with E-state index in [0.29, 0.717) is 31.9 Å². The molecule has 1 amide bonds. The van der Waals surface area contributed by atoms with Gasteiger partial charge in [0, 0.05) is 37.9 Å². The molecule has 8 heteroatoms. The van der Waals surface area contributed by atoms with Crippen molar-refractivity contribution in [3.05, 3.63) is 53.6 Å². The van der Waals surface area contributed by atoms with Gasteiger partial charge in [0.05, 0.1) is 4.90 Å². The van der Waals surface area contributed by atoms with Crippen LogP contribution in [0.2, 0.25) is 0 Å². The van der Waals surface area contributed by atoms with Gasteiger partial charge in [-0.2, -0.15) is 4.31 Å². The summed E-state index contributed by atoms with van der Waals surface area (Å²) in [5, 5.41) is 3.07. The molecule has 1 heterocycles. The zero-order chi connectivity index (χ0) is 25.0. The number of carbonyl (C=O) groups is 1. The van der Waals surface area contributed by atoms with Crippen molar-refractivity contribution >= 4 is 21.6 Å². The first-order chi connectivity index (χ1) is 16.8. The Hall–Kier alpha value is -2.58. The van der Waals surface area contributed by atoms with Gasteiger partial charge in [0.1, 0.15) is 5.75 Å². The van der Waals surface area contributed by atoms with Crippen LogP contribution in [0.3, 0.4) is 0 Å². The standard InChI is InChI=1S/C27H37N3O4S/c1-20-8-7-11-26(21(20)2)29-16-18-30(19-17-29)35(32,33)25-14-12-24(13-15-25)34-22(3)27(31)28-23-9-5-4-6-10-23/h7-8,11-15,22-23H,4-6,9-10,16-19H2,1-3H3,(H,28,31)/t22-/m0/s1. The Labute approximate surface area is 209 Å². The molecule has 1 aliphatic carbocycles. The Bertz CT molecular complexity index is 1120. The van der Waals surface area contributed by atoms with Crippen LogP contribution in [0.4, 0.5) is 5.69 Å². The van der Waals surface area contributed by atoms with Crippen molar-refractivity contribution in [1.29, 1.82) is 0 Å². The summed E-state index contributed by atoms with van der Waals surface area (Å²) in [6, 6.07) is 12.8. The predicted octanol–water partition coefficient (Wildman–Crippen LogP) is 4.03. The summed E-state index contributed by atoms with van der Waals surface area (Å²) in [7, 11) is -3.59. The summed E-state index contributed by atoms with van der Waals surface area (Å²) >= 11 is 0. The molecule has 7 nitrogen and oxygen atoms in total. The number of hydrogen-bond acceptors (Lipinski definition) is 5. The van der Waals surface area contributed by atoms with Gasteiger partial charge in [-0.25, -0.2) is 8.42 Å². The maximum absolute atomic E-state index is 13.2. The number of piperazine rings is 1. The fraction of sp³-hybridized carbons (Fsp3) is 0.519. The van der Waals surface area contributed by atoms with Crippen LogP contribution >= 0.6 is 0 Å². The number of anilines is 1. The minimum atomic E-state index is -3.59. The fourth-order valence-corrected chi connectivity index (χ4v) is 6.33. The molecule has 0 aromatic heterocycles. The zero-order valence-corrected chi connectivity index (χ0v) is 21.8. The van der Waals surface area contributed by atoms with E-state index in [-0.39, 0.29) is 16.8 Å². The number of carbonyl (C=O) groups excluding carboxylic acids is 1. The Morgan fingerprint density at radius 2 is 1.63 bits per heavy atom. The number of benzene rings is 2. The summed E-state index contributed by atoms with van der Waals surface area (Å²) in [6.07, 6.45) is 4.93. The molecule has 0 spiro atoms. The average Bonchev–Trinajstić information content (AvgIpc) is 2.87. The molecular weight excluding hydrogens is 462 g/mol. The summed E-state index contributed by atoms with van der Waals surface area (Å²) in [5.74, 6) is 0.352. The first kappa shape index (κ1) is 25.5. The third kappa shape index (κ3) is 5.98. The molecule has 0 unspecified atom stereocenters. The van der Waals surface area contributed by atoms with Crippen LogP contribution in [-0.4, -0.2) is 57.0 Å². The second-order valence-electron chi connectivity index (χ2n) is 9.69. The van der Waals surface area contributed by atoms with Crippen molar-refractivity contribution in [2.45, 2.75) is 69.9 Å². The smallest absolute Gasteiger partial charge is 0.260 e. The molecule has 0 radical (unpaired) electrons. The normalized spacial score (nSPS) is 18.8. The van der Waals surface area contributed by atoms with Gasteiger partial charge in [-0.1, -0.05) is 31.4 Å². The van der Waals surface area contributed by atoms with E-state index in [1.165, 1.54) is 23.2 Å². The summed E-state index contributed by atoms with van der Waals surface area (Å²) in [5.41, 5.74) is 3.65. The molecular formula is C27H37N3O4S. The highest BCUT2D eigenvalue weighted by molar-refractivity contribution is 7.89. The molecule has 2 fully saturated rings. The second kappa shape index (κ2) is 11.0. The summed E-state index contributed by atoms with van der Waals surface area (Å²) in [4.78, 5) is 15.0. The highest BCUT2D eigenvalue weighted by Gasteiger charge is 2.29. The number of sulfonamides is 1. The van der Waals surface area contributed by atoms with E-state index in [4.69, 9.17) is 4.74 Å². The maximum atomic E-state index is 13.2. The summed E-state index contributed by atoms with van der Waals surface area (Å²) in [6.45, 7) is 8.10. The van der Waals surface area contributed by atoms with Crippen molar-refractivity contribution < 1.29 is 17.9 Å². The number of hydrogen-bond donors (Lipinski definition) is 1. The van der Waals surface area contributed by atoms with Crippen LogP contribution in [0.1, 0.15) is 50.2 Å². The van der Waals surface area contributed by atoms with Crippen molar-refractivity contribution in [2.24, 2.45) is 0 Å². The predicted molar refractivity (Wildman–Crippen MR) is 138 cm³/mol. The molecule has 1 aliphatic heterocycles. The molecule has 2 aromatic rings. The molecule has 2 aromatic carbocycles. The molecule has 4 rings (SSSR count). The minimum absolute atomic E-state index is 0.129. The number of aryl methyl sites for hydroxylation is 1. The Kier molecular flexibility index (Phi) is 8.02. The molecule has 1 N–H and O–H groups in total. The maximum Gasteiger partial charge on any atom is 0.260 e. The number of rotatable bonds is 7. The molecule has 190 valence electrons. The number of nitrogens with zero attached hydrogens (tertiary/aromatic N) is 2. The van der Waals surface area contributed by atoms with Gasteiger partial charge < -0.3 is 15.0 Å². The van der Waals surface area contributed by atoms with Crippen LogP contribution in [0.25, 0.3) is 0 Å². The largest absolute Gasteiger partial charge is 0.481 e. The molecule has 1 saturated carbocycles. The molecule has 35 heavy (non-hydrogen) atoms. The lowest BCUT2D eigenvalue weighted by molar-refractivity contribution is -0.128. The number of nitrogens with one attached hydrogen (secondary N) is 1. The highest BCUT2D eigenvalue weighted by atomic mass is 32.2. The van der Waals surface area contributed by atoms with Crippen molar-refractivity contribution in [3.8, 4) is 5.75 Å². The minimum Gasteiger partial charge on any atom is -0.481 e.